The molecule has 0 fully saturated rings. The largest absolute Gasteiger partial charge is 0.490 e. The number of aliphatic carboxylic acids is 2. The second-order valence-electron chi connectivity index (χ2n) is 4.03. The zero-order valence-electron chi connectivity index (χ0n) is 11.5. The molecule has 0 aliphatic heterocycles. The highest BCUT2D eigenvalue weighted by Crippen LogP contribution is 2.38. The Bertz CT molecular complexity index is 567. The minimum Gasteiger partial charge on any atom is -0.490 e. The van der Waals surface area contributed by atoms with E-state index in [4.69, 9.17) is 19.7 Å². The second kappa shape index (κ2) is 7.68. The van der Waals surface area contributed by atoms with Gasteiger partial charge in [-0.2, -0.15) is 0 Å². The van der Waals surface area contributed by atoms with Gasteiger partial charge in [-0.25, -0.2) is 9.59 Å². The van der Waals surface area contributed by atoms with Gasteiger partial charge in [0, 0.05) is 6.08 Å². The van der Waals surface area contributed by atoms with Crippen LogP contribution in [0.5, 0.6) is 11.5 Å². The highest BCUT2D eigenvalue weighted by molar-refractivity contribution is 9.10. The molecule has 1 rings (SSSR count). The van der Waals surface area contributed by atoms with Gasteiger partial charge in [-0.3, -0.25) is 0 Å². The zero-order valence-corrected chi connectivity index (χ0v) is 13.1. The van der Waals surface area contributed by atoms with Gasteiger partial charge in [0.1, 0.15) is 0 Å². The van der Waals surface area contributed by atoms with E-state index in [1.165, 1.54) is 13.0 Å². The summed E-state index contributed by atoms with van der Waals surface area (Å²) in [5.41, 5.74) is 0.586. The molecule has 0 spiro atoms. The van der Waals surface area contributed by atoms with Crippen LogP contribution >= 0.6 is 15.9 Å². The summed E-state index contributed by atoms with van der Waals surface area (Å²) in [6.07, 6.45) is 1.36. The molecule has 21 heavy (non-hydrogen) atoms. The molecule has 0 aromatic heterocycles. The van der Waals surface area contributed by atoms with Crippen molar-refractivity contribution >= 4 is 33.9 Å². The van der Waals surface area contributed by atoms with Gasteiger partial charge in [-0.1, -0.05) is 0 Å². The number of carbonyl (C=O) groups is 2. The van der Waals surface area contributed by atoms with Crippen molar-refractivity contribution < 1.29 is 29.3 Å². The molecule has 6 nitrogen and oxygen atoms in total. The topological polar surface area (TPSA) is 93.1 Å². The summed E-state index contributed by atoms with van der Waals surface area (Å²) >= 11 is 3.27. The van der Waals surface area contributed by atoms with Crippen molar-refractivity contribution in [3.05, 3.63) is 28.2 Å². The highest BCUT2D eigenvalue weighted by Gasteiger charge is 2.18. The second-order valence-corrected chi connectivity index (χ2v) is 4.89. The molecule has 0 bridgehead atoms. The third-order valence-electron chi connectivity index (χ3n) is 2.39. The molecular weight excluding hydrogens is 344 g/mol. The van der Waals surface area contributed by atoms with Crippen molar-refractivity contribution in [1.29, 1.82) is 0 Å². The number of ether oxygens (including phenoxy) is 2. The van der Waals surface area contributed by atoms with Crippen LogP contribution in [-0.4, -0.2) is 34.9 Å². The number of benzene rings is 1. The van der Waals surface area contributed by atoms with Crippen LogP contribution in [0.3, 0.4) is 0 Å². The maximum atomic E-state index is 10.9. The third kappa shape index (κ3) is 5.11. The molecule has 1 unspecified atom stereocenters. The lowest BCUT2D eigenvalue weighted by Crippen LogP contribution is -2.23. The van der Waals surface area contributed by atoms with Gasteiger partial charge in [0.2, 0.25) is 0 Å². The Morgan fingerprint density at radius 2 is 2.05 bits per heavy atom. The predicted molar refractivity (Wildman–Crippen MR) is 79.7 cm³/mol. The third-order valence-corrected chi connectivity index (χ3v) is 2.98. The quantitative estimate of drug-likeness (QED) is 0.728. The smallest absolute Gasteiger partial charge is 0.344 e. The number of carboxylic acids is 2. The molecule has 7 heteroatoms. The van der Waals surface area contributed by atoms with Gasteiger partial charge in [-0.15, -0.1) is 0 Å². The maximum Gasteiger partial charge on any atom is 0.344 e. The van der Waals surface area contributed by atoms with Gasteiger partial charge in [-0.05, 0) is 53.5 Å². The predicted octanol–water partition coefficient (Wildman–Crippen LogP) is 2.80. The first-order valence-electron chi connectivity index (χ1n) is 6.12. The van der Waals surface area contributed by atoms with Gasteiger partial charge < -0.3 is 19.7 Å². The first-order valence-corrected chi connectivity index (χ1v) is 6.91. The van der Waals surface area contributed by atoms with E-state index in [0.29, 0.717) is 22.4 Å². The van der Waals surface area contributed by atoms with Crippen LogP contribution in [0.4, 0.5) is 0 Å². The van der Waals surface area contributed by atoms with E-state index >= 15 is 0 Å². The fraction of sp³-hybridized carbons (Fsp3) is 0.286. The van der Waals surface area contributed by atoms with Crippen molar-refractivity contribution in [2.45, 2.75) is 20.0 Å². The van der Waals surface area contributed by atoms with Crippen molar-refractivity contribution in [1.82, 2.24) is 0 Å². The van der Waals surface area contributed by atoms with Crippen molar-refractivity contribution in [3.8, 4) is 11.5 Å². The minimum absolute atomic E-state index is 0.263. The first kappa shape index (κ1) is 17.0. The van der Waals surface area contributed by atoms with Gasteiger partial charge in [0.25, 0.3) is 0 Å². The van der Waals surface area contributed by atoms with Crippen LogP contribution in [0.25, 0.3) is 6.08 Å². The highest BCUT2D eigenvalue weighted by atomic mass is 79.9. The Balaban J connectivity index is 3.18. The normalized spacial score (nSPS) is 12.1. The Kier molecular flexibility index (Phi) is 6.23. The lowest BCUT2D eigenvalue weighted by atomic mass is 10.2. The van der Waals surface area contributed by atoms with E-state index in [0.717, 1.165) is 6.08 Å². The van der Waals surface area contributed by atoms with Gasteiger partial charge >= 0.3 is 11.9 Å². The molecule has 0 radical (unpaired) electrons. The molecule has 1 aromatic rings. The Labute approximate surface area is 130 Å². The lowest BCUT2D eigenvalue weighted by Gasteiger charge is -2.16. The van der Waals surface area contributed by atoms with Crippen LogP contribution in [0.1, 0.15) is 19.4 Å². The molecule has 0 aliphatic rings. The molecule has 1 atom stereocenters. The fourth-order valence-corrected chi connectivity index (χ4v) is 2.01. The molecular formula is C14H15BrO6. The standard InChI is InChI=1S/C14H15BrO6/c1-3-20-11-7-9(4-5-12(16)17)6-10(15)13(11)21-8(2)14(18)19/h4-8H,3H2,1-2H3,(H,16,17)(H,18,19). The maximum absolute atomic E-state index is 10.9. The van der Waals surface area contributed by atoms with E-state index < -0.39 is 18.0 Å². The molecule has 0 saturated heterocycles. The summed E-state index contributed by atoms with van der Waals surface area (Å²) in [7, 11) is 0. The van der Waals surface area contributed by atoms with Crippen molar-refractivity contribution in [2.24, 2.45) is 0 Å². The molecule has 0 amide bonds. The SMILES string of the molecule is CCOc1cc(C=CC(=O)O)cc(Br)c1OC(C)C(=O)O. The van der Waals surface area contributed by atoms with Crippen LogP contribution in [0.2, 0.25) is 0 Å². The number of halogens is 1. The first-order chi connectivity index (χ1) is 9.85. The van der Waals surface area contributed by atoms with Crippen LogP contribution in [-0.2, 0) is 9.59 Å². The number of hydrogen-bond acceptors (Lipinski definition) is 4. The summed E-state index contributed by atoms with van der Waals surface area (Å²) in [4.78, 5) is 21.4. The van der Waals surface area contributed by atoms with E-state index in [9.17, 15) is 9.59 Å². The fourth-order valence-electron chi connectivity index (χ4n) is 1.46. The lowest BCUT2D eigenvalue weighted by molar-refractivity contribution is -0.144. The number of hydrogen-bond donors (Lipinski definition) is 2. The number of rotatable bonds is 7. The van der Waals surface area contributed by atoms with Gasteiger partial charge in [0.15, 0.2) is 17.6 Å². The Morgan fingerprint density at radius 1 is 1.38 bits per heavy atom. The molecule has 0 heterocycles. The summed E-state index contributed by atoms with van der Waals surface area (Å²) in [6.45, 7) is 3.54. The molecule has 0 saturated carbocycles. The summed E-state index contributed by atoms with van der Waals surface area (Å²) in [5.74, 6) is -1.56. The number of carboxylic acid groups (broad SMARTS) is 2. The summed E-state index contributed by atoms with van der Waals surface area (Å²) in [6, 6.07) is 3.20. The Morgan fingerprint density at radius 3 is 2.57 bits per heavy atom. The molecule has 1 aromatic carbocycles. The van der Waals surface area contributed by atoms with Crippen LogP contribution in [0.15, 0.2) is 22.7 Å². The minimum atomic E-state index is -1.10. The van der Waals surface area contributed by atoms with E-state index in [-0.39, 0.29) is 5.75 Å². The van der Waals surface area contributed by atoms with E-state index in [2.05, 4.69) is 15.9 Å². The van der Waals surface area contributed by atoms with E-state index in [1.54, 1.807) is 19.1 Å². The summed E-state index contributed by atoms with van der Waals surface area (Å²) < 4.78 is 11.3. The van der Waals surface area contributed by atoms with Crippen LogP contribution < -0.4 is 9.47 Å². The van der Waals surface area contributed by atoms with Gasteiger partial charge in [0.05, 0.1) is 11.1 Å². The Hall–Kier alpha value is -2.02. The van der Waals surface area contributed by atoms with Crippen molar-refractivity contribution in [2.75, 3.05) is 6.61 Å². The van der Waals surface area contributed by atoms with Crippen LogP contribution in [0, 0.1) is 0 Å². The van der Waals surface area contributed by atoms with E-state index in [1.807, 2.05) is 0 Å². The molecule has 0 aliphatic carbocycles. The molecule has 114 valence electrons. The zero-order chi connectivity index (χ0) is 16.0. The average Bonchev–Trinajstić information content (AvgIpc) is 2.40. The summed E-state index contributed by atoms with van der Waals surface area (Å²) in [5, 5.41) is 17.5. The van der Waals surface area contributed by atoms with Crippen molar-refractivity contribution in [3.63, 3.8) is 0 Å². The average molecular weight is 359 g/mol. The monoisotopic (exact) mass is 358 g/mol. The molecule has 2 N–H and O–H groups in total.